The molecule has 0 aromatic carbocycles. The molecule has 5 nitrogen and oxygen atoms in total. The van der Waals surface area contributed by atoms with Crippen molar-refractivity contribution in [1.82, 2.24) is 5.32 Å². The maximum absolute atomic E-state index is 12.6. The maximum atomic E-state index is 12.6. The normalized spacial score (nSPS) is 28.5. The highest BCUT2D eigenvalue weighted by molar-refractivity contribution is 7.91. The monoisotopic (exact) mass is 318 g/mol. The first-order valence-corrected chi connectivity index (χ1v) is 9.40. The summed E-state index contributed by atoms with van der Waals surface area (Å²) in [5.41, 5.74) is 5.04. The Kier molecular flexibility index (Phi) is 4.69. The summed E-state index contributed by atoms with van der Waals surface area (Å²) in [5.74, 6) is 0.0817. The van der Waals surface area contributed by atoms with Gasteiger partial charge in [-0.15, -0.1) is 0 Å². The van der Waals surface area contributed by atoms with Crippen LogP contribution in [0.15, 0.2) is 0 Å². The highest BCUT2D eigenvalue weighted by Gasteiger charge is 2.43. The predicted octanol–water partition coefficient (Wildman–Crippen LogP) is 0.916. The van der Waals surface area contributed by atoms with Gasteiger partial charge < -0.3 is 11.1 Å². The van der Waals surface area contributed by atoms with Crippen LogP contribution < -0.4 is 11.1 Å². The van der Waals surface area contributed by atoms with E-state index >= 15 is 0 Å². The van der Waals surface area contributed by atoms with E-state index in [-0.39, 0.29) is 28.4 Å². The fourth-order valence-corrected chi connectivity index (χ4v) is 5.13. The van der Waals surface area contributed by atoms with Crippen molar-refractivity contribution < 1.29 is 13.2 Å². The van der Waals surface area contributed by atoms with E-state index in [1.165, 1.54) is 0 Å². The quantitative estimate of drug-likeness (QED) is 0.755. The standard InChI is InChI=1S/C13H22N2O3S2/c14-11(19)13(6-2-1-3-7-13)12(16)15-10-5-4-8-20(17,18)9-10/h10H,1-9H2,(H2,14,19)(H,15,16). The van der Waals surface area contributed by atoms with E-state index in [0.717, 1.165) is 19.3 Å². The molecule has 1 unspecified atom stereocenters. The van der Waals surface area contributed by atoms with Crippen LogP contribution in [0.4, 0.5) is 0 Å². The summed E-state index contributed by atoms with van der Waals surface area (Å²) >= 11 is 5.12. The Labute approximate surface area is 125 Å². The van der Waals surface area contributed by atoms with Crippen LogP contribution in [-0.4, -0.2) is 36.9 Å². The summed E-state index contributed by atoms with van der Waals surface area (Å²) in [6.07, 6.45) is 5.63. The molecule has 7 heteroatoms. The minimum atomic E-state index is -3.03. The van der Waals surface area contributed by atoms with Crippen LogP contribution >= 0.6 is 12.2 Å². The molecule has 1 heterocycles. The van der Waals surface area contributed by atoms with Gasteiger partial charge in [-0.3, -0.25) is 4.79 Å². The number of nitrogens with two attached hydrogens (primary N) is 1. The van der Waals surface area contributed by atoms with E-state index in [4.69, 9.17) is 18.0 Å². The van der Waals surface area contributed by atoms with Gasteiger partial charge in [0, 0.05) is 6.04 Å². The van der Waals surface area contributed by atoms with Gasteiger partial charge in [0.2, 0.25) is 5.91 Å². The summed E-state index contributed by atoms with van der Waals surface area (Å²) in [4.78, 5) is 12.8. The first-order valence-electron chi connectivity index (χ1n) is 7.17. The molecule has 1 aliphatic heterocycles. The van der Waals surface area contributed by atoms with Gasteiger partial charge in [-0.2, -0.15) is 0 Å². The molecule has 0 aromatic rings. The molecule has 1 atom stereocenters. The zero-order valence-corrected chi connectivity index (χ0v) is 13.2. The Bertz CT molecular complexity index is 496. The molecule has 2 aliphatic rings. The lowest BCUT2D eigenvalue weighted by molar-refractivity contribution is -0.129. The van der Waals surface area contributed by atoms with Crippen molar-refractivity contribution in [3.05, 3.63) is 0 Å². The van der Waals surface area contributed by atoms with E-state index in [1.54, 1.807) is 0 Å². The Morgan fingerprint density at radius 3 is 2.40 bits per heavy atom. The maximum Gasteiger partial charge on any atom is 0.233 e. The van der Waals surface area contributed by atoms with Crippen molar-refractivity contribution in [2.75, 3.05) is 11.5 Å². The van der Waals surface area contributed by atoms with Crippen LogP contribution in [0.3, 0.4) is 0 Å². The summed E-state index contributed by atoms with van der Waals surface area (Å²) in [5, 5.41) is 2.88. The molecule has 114 valence electrons. The smallest absolute Gasteiger partial charge is 0.233 e. The summed E-state index contributed by atoms with van der Waals surface area (Å²) in [6, 6.07) is -0.297. The second-order valence-corrected chi connectivity index (χ2v) is 8.60. The van der Waals surface area contributed by atoms with Crippen LogP contribution in [0, 0.1) is 5.41 Å². The molecular formula is C13H22N2O3S2. The molecule has 1 saturated carbocycles. The number of carbonyl (C=O) groups is 1. The molecule has 0 aromatic heterocycles. The van der Waals surface area contributed by atoms with Gasteiger partial charge in [-0.25, -0.2) is 8.42 Å². The zero-order chi connectivity index (χ0) is 14.8. The largest absolute Gasteiger partial charge is 0.392 e. The number of nitrogens with one attached hydrogen (secondary N) is 1. The Hall–Kier alpha value is -0.690. The van der Waals surface area contributed by atoms with Crippen LogP contribution in [0.2, 0.25) is 0 Å². The van der Waals surface area contributed by atoms with Crippen LogP contribution in [0.5, 0.6) is 0 Å². The van der Waals surface area contributed by atoms with Crippen molar-refractivity contribution in [3.8, 4) is 0 Å². The van der Waals surface area contributed by atoms with Gasteiger partial charge in [0.1, 0.15) is 0 Å². The Morgan fingerprint density at radius 1 is 1.20 bits per heavy atom. The minimum Gasteiger partial charge on any atom is -0.392 e. The fraction of sp³-hybridized carbons (Fsp3) is 0.846. The topological polar surface area (TPSA) is 89.3 Å². The summed E-state index contributed by atoms with van der Waals surface area (Å²) in [7, 11) is -3.03. The SMILES string of the molecule is NC(=S)C1(C(=O)NC2CCCS(=O)(=O)C2)CCCCC1. The van der Waals surface area contributed by atoms with Crippen molar-refractivity contribution in [3.63, 3.8) is 0 Å². The highest BCUT2D eigenvalue weighted by Crippen LogP contribution is 2.37. The predicted molar refractivity (Wildman–Crippen MR) is 82.1 cm³/mol. The molecule has 20 heavy (non-hydrogen) atoms. The molecule has 0 spiro atoms. The number of hydrogen-bond donors (Lipinski definition) is 2. The second-order valence-electron chi connectivity index (χ2n) is 5.93. The minimum absolute atomic E-state index is 0.0339. The van der Waals surface area contributed by atoms with Crippen molar-refractivity contribution in [1.29, 1.82) is 0 Å². The van der Waals surface area contributed by atoms with E-state index in [9.17, 15) is 13.2 Å². The molecular weight excluding hydrogens is 296 g/mol. The second kappa shape index (κ2) is 5.97. The average molecular weight is 318 g/mol. The number of rotatable bonds is 3. The number of thiocarbonyl (C=S) groups is 1. The Balaban J connectivity index is 2.07. The zero-order valence-electron chi connectivity index (χ0n) is 11.6. The molecule has 1 amide bonds. The fourth-order valence-electron chi connectivity index (χ4n) is 3.20. The number of amides is 1. The highest BCUT2D eigenvalue weighted by atomic mass is 32.2. The summed E-state index contributed by atoms with van der Waals surface area (Å²) < 4.78 is 23.3. The molecule has 2 fully saturated rings. The Morgan fingerprint density at radius 2 is 1.85 bits per heavy atom. The average Bonchev–Trinajstić information content (AvgIpc) is 2.38. The molecule has 0 radical (unpaired) electrons. The van der Waals surface area contributed by atoms with Gasteiger partial charge in [0.15, 0.2) is 9.84 Å². The third-order valence-electron chi connectivity index (χ3n) is 4.41. The molecule has 3 N–H and O–H groups in total. The third-order valence-corrected chi connectivity index (χ3v) is 6.62. The van der Waals surface area contributed by atoms with Crippen molar-refractivity contribution in [2.24, 2.45) is 11.1 Å². The van der Waals surface area contributed by atoms with Crippen LogP contribution in [0.1, 0.15) is 44.9 Å². The number of sulfone groups is 1. The van der Waals surface area contributed by atoms with Crippen molar-refractivity contribution >= 4 is 33.0 Å². The molecule has 1 saturated heterocycles. The lowest BCUT2D eigenvalue weighted by Crippen LogP contribution is -2.54. The number of hydrogen-bond acceptors (Lipinski definition) is 4. The molecule has 2 rings (SSSR count). The van der Waals surface area contributed by atoms with E-state index in [2.05, 4.69) is 5.32 Å². The van der Waals surface area contributed by atoms with Crippen LogP contribution in [0.25, 0.3) is 0 Å². The van der Waals surface area contributed by atoms with Crippen molar-refractivity contribution in [2.45, 2.75) is 51.0 Å². The van der Waals surface area contributed by atoms with E-state index in [0.29, 0.717) is 25.7 Å². The summed E-state index contributed by atoms with van der Waals surface area (Å²) in [6.45, 7) is 0. The molecule has 1 aliphatic carbocycles. The third kappa shape index (κ3) is 3.31. The number of carbonyl (C=O) groups excluding carboxylic acids is 1. The van der Waals surface area contributed by atoms with Gasteiger partial charge >= 0.3 is 0 Å². The lowest BCUT2D eigenvalue weighted by Gasteiger charge is -2.36. The van der Waals surface area contributed by atoms with E-state index < -0.39 is 15.3 Å². The van der Waals surface area contributed by atoms with Gasteiger partial charge in [0.25, 0.3) is 0 Å². The first-order chi connectivity index (χ1) is 9.36. The lowest BCUT2D eigenvalue weighted by atomic mass is 9.73. The first kappa shape index (κ1) is 15.7. The van der Waals surface area contributed by atoms with Gasteiger partial charge in [0.05, 0.1) is 21.9 Å². The van der Waals surface area contributed by atoms with Gasteiger partial charge in [-0.1, -0.05) is 31.5 Å². The molecule has 0 bridgehead atoms. The van der Waals surface area contributed by atoms with E-state index in [1.807, 2.05) is 0 Å². The van der Waals surface area contributed by atoms with Gasteiger partial charge in [-0.05, 0) is 25.7 Å². The van der Waals surface area contributed by atoms with Crippen LogP contribution in [-0.2, 0) is 14.6 Å².